The van der Waals surface area contributed by atoms with Crippen LogP contribution >= 0.6 is 23.2 Å². The van der Waals surface area contributed by atoms with E-state index in [1.165, 1.54) is 4.31 Å². The van der Waals surface area contributed by atoms with Crippen LogP contribution in [0.4, 0.5) is 4.79 Å². The highest BCUT2D eigenvalue weighted by Crippen LogP contribution is 2.29. The highest BCUT2D eigenvalue weighted by molar-refractivity contribution is 7.87. The minimum absolute atomic E-state index is 0.105. The predicted octanol–water partition coefficient (Wildman–Crippen LogP) is 2.81. The number of likely N-dealkylation sites (tertiary alicyclic amines) is 1. The largest absolute Gasteiger partial charge is 0.490 e. The molecule has 1 aromatic rings. The fraction of sp³-hybridized carbons (Fsp3) is 0.588. The molecule has 0 saturated carbocycles. The maximum atomic E-state index is 11.9. The average Bonchev–Trinajstić information content (AvgIpc) is 2.64. The maximum Gasteiger partial charge on any atom is 0.419 e. The van der Waals surface area contributed by atoms with Gasteiger partial charge in [0.2, 0.25) is 0 Å². The van der Waals surface area contributed by atoms with Gasteiger partial charge in [0.05, 0.1) is 10.0 Å². The van der Waals surface area contributed by atoms with Crippen molar-refractivity contribution in [3.8, 4) is 5.75 Å². The number of nitrogens with zero attached hydrogens (tertiary/aromatic N) is 2. The molecule has 2 heterocycles. The Labute approximate surface area is 174 Å². The zero-order valence-corrected chi connectivity index (χ0v) is 17.5. The van der Waals surface area contributed by atoms with Gasteiger partial charge in [0.1, 0.15) is 11.9 Å². The van der Waals surface area contributed by atoms with Crippen LogP contribution in [-0.2, 0) is 10.2 Å². The lowest BCUT2D eigenvalue weighted by Crippen LogP contribution is -2.52. The second-order valence-corrected chi connectivity index (χ2v) is 9.46. The van der Waals surface area contributed by atoms with Crippen molar-refractivity contribution in [1.82, 2.24) is 13.9 Å². The van der Waals surface area contributed by atoms with Crippen LogP contribution in [-0.4, -0.2) is 67.1 Å². The zero-order chi connectivity index (χ0) is 20.3. The fourth-order valence-corrected chi connectivity index (χ4v) is 5.05. The molecule has 2 saturated heterocycles. The van der Waals surface area contributed by atoms with E-state index in [2.05, 4.69) is 4.90 Å². The predicted molar refractivity (Wildman–Crippen MR) is 106 cm³/mol. The highest BCUT2D eigenvalue weighted by Gasteiger charge is 2.33. The third kappa shape index (κ3) is 5.42. The van der Waals surface area contributed by atoms with Crippen LogP contribution < -0.4 is 9.46 Å². The summed E-state index contributed by atoms with van der Waals surface area (Å²) in [6.07, 6.45) is 1.65. The van der Waals surface area contributed by atoms with E-state index in [4.69, 9.17) is 33.0 Å². The lowest BCUT2D eigenvalue weighted by Gasteiger charge is -2.41. The molecule has 0 aliphatic carbocycles. The molecular weight excluding hydrogens is 429 g/mol. The van der Waals surface area contributed by atoms with Gasteiger partial charge < -0.3 is 14.7 Å². The van der Waals surface area contributed by atoms with Gasteiger partial charge in [-0.3, -0.25) is 0 Å². The summed E-state index contributed by atoms with van der Waals surface area (Å²) in [5, 5.41) is 9.61. The SMILES string of the molecule is O=C(O)NS(=O)(=O)N1CCC(N2CCC(Oc3ccc(Cl)c(Cl)c3)CC2)CC1. The first-order chi connectivity index (χ1) is 13.2. The van der Waals surface area contributed by atoms with Gasteiger partial charge in [0.25, 0.3) is 0 Å². The first-order valence-electron chi connectivity index (χ1n) is 9.11. The number of nitrogens with one attached hydrogen (secondary N) is 1. The van der Waals surface area contributed by atoms with Crippen molar-refractivity contribution in [3.05, 3.63) is 28.2 Å². The summed E-state index contributed by atoms with van der Waals surface area (Å²) in [6.45, 7) is 2.37. The van der Waals surface area contributed by atoms with Crippen molar-refractivity contribution in [2.24, 2.45) is 0 Å². The number of piperidine rings is 2. The number of hydrogen-bond donors (Lipinski definition) is 2. The van der Waals surface area contributed by atoms with Gasteiger partial charge >= 0.3 is 16.3 Å². The molecule has 2 fully saturated rings. The smallest absolute Gasteiger partial charge is 0.419 e. The molecule has 28 heavy (non-hydrogen) atoms. The molecule has 156 valence electrons. The Balaban J connectivity index is 1.46. The summed E-state index contributed by atoms with van der Waals surface area (Å²) in [6, 6.07) is 5.54. The van der Waals surface area contributed by atoms with Crippen molar-refractivity contribution >= 4 is 39.5 Å². The summed E-state index contributed by atoms with van der Waals surface area (Å²) < 4.78 is 32.6. The molecule has 0 atom stereocenters. The quantitative estimate of drug-likeness (QED) is 0.713. The lowest BCUT2D eigenvalue weighted by molar-refractivity contribution is 0.0584. The molecule has 0 radical (unpaired) electrons. The van der Waals surface area contributed by atoms with Gasteiger partial charge in [-0.2, -0.15) is 12.7 Å². The van der Waals surface area contributed by atoms with Crippen LogP contribution in [0.1, 0.15) is 25.7 Å². The second-order valence-electron chi connectivity index (χ2n) is 6.97. The maximum absolute atomic E-state index is 11.9. The Morgan fingerprint density at radius 2 is 1.71 bits per heavy atom. The van der Waals surface area contributed by atoms with Gasteiger partial charge in [-0.25, -0.2) is 9.52 Å². The Bertz CT molecular complexity index is 807. The van der Waals surface area contributed by atoms with Crippen LogP contribution in [0.2, 0.25) is 10.0 Å². The highest BCUT2D eigenvalue weighted by atomic mass is 35.5. The number of benzene rings is 1. The number of carbonyl (C=O) groups is 1. The summed E-state index contributed by atoms with van der Waals surface area (Å²) in [7, 11) is -3.96. The molecule has 0 bridgehead atoms. The molecule has 2 aliphatic heterocycles. The number of rotatable bonds is 5. The minimum Gasteiger partial charge on any atom is -0.490 e. The molecule has 2 N–H and O–H groups in total. The number of halogens is 2. The van der Waals surface area contributed by atoms with Gasteiger partial charge in [0, 0.05) is 38.3 Å². The van der Waals surface area contributed by atoms with Gasteiger partial charge in [-0.15, -0.1) is 0 Å². The average molecular weight is 452 g/mol. The normalized spacial score (nSPS) is 20.8. The summed E-state index contributed by atoms with van der Waals surface area (Å²) in [4.78, 5) is 13.0. The Hall–Kier alpha value is -1.26. The van der Waals surface area contributed by atoms with Crippen molar-refractivity contribution in [3.63, 3.8) is 0 Å². The van der Waals surface area contributed by atoms with Crippen LogP contribution in [0, 0.1) is 0 Å². The van der Waals surface area contributed by atoms with Crippen molar-refractivity contribution < 1.29 is 23.1 Å². The van der Waals surface area contributed by atoms with Crippen molar-refractivity contribution in [2.45, 2.75) is 37.8 Å². The van der Waals surface area contributed by atoms with E-state index in [9.17, 15) is 13.2 Å². The van der Waals surface area contributed by atoms with Crippen LogP contribution in [0.15, 0.2) is 18.2 Å². The van der Waals surface area contributed by atoms with Crippen LogP contribution in [0.3, 0.4) is 0 Å². The molecule has 3 rings (SSSR count). The standard InChI is InChI=1S/C17H23Cl2N3O5S/c18-15-2-1-14(11-16(15)19)27-13-5-7-21(8-6-13)12-3-9-22(10-4-12)28(25,26)20-17(23)24/h1-2,11-13,20H,3-10H2,(H,23,24). The van der Waals surface area contributed by atoms with E-state index in [-0.39, 0.29) is 6.10 Å². The van der Waals surface area contributed by atoms with Crippen molar-refractivity contribution in [1.29, 1.82) is 0 Å². The molecule has 8 nitrogen and oxygen atoms in total. The summed E-state index contributed by atoms with van der Waals surface area (Å²) in [5.74, 6) is 0.706. The number of carboxylic acid groups (broad SMARTS) is 1. The van der Waals surface area contributed by atoms with Crippen LogP contribution in [0.25, 0.3) is 0 Å². The van der Waals surface area contributed by atoms with Crippen molar-refractivity contribution in [2.75, 3.05) is 26.2 Å². The number of ether oxygens (including phenoxy) is 1. The molecule has 0 spiro atoms. The van der Waals surface area contributed by atoms with E-state index < -0.39 is 16.3 Å². The van der Waals surface area contributed by atoms with E-state index >= 15 is 0 Å². The van der Waals surface area contributed by atoms with E-state index in [0.717, 1.165) is 25.9 Å². The minimum atomic E-state index is -3.96. The third-order valence-corrected chi connectivity index (χ3v) is 7.38. The second kappa shape index (κ2) is 9.04. The fourth-order valence-electron chi connectivity index (χ4n) is 3.72. The zero-order valence-electron chi connectivity index (χ0n) is 15.2. The monoisotopic (exact) mass is 451 g/mol. The molecule has 2 aliphatic rings. The van der Waals surface area contributed by atoms with Gasteiger partial charge in [-0.05, 0) is 37.8 Å². The van der Waals surface area contributed by atoms with E-state index in [1.54, 1.807) is 16.9 Å². The molecule has 11 heteroatoms. The Morgan fingerprint density at radius 1 is 1.07 bits per heavy atom. The lowest BCUT2D eigenvalue weighted by atomic mass is 10.00. The number of hydrogen-bond acceptors (Lipinski definition) is 5. The molecule has 0 aromatic heterocycles. The van der Waals surface area contributed by atoms with E-state index in [1.807, 2.05) is 6.07 Å². The Morgan fingerprint density at radius 3 is 2.29 bits per heavy atom. The summed E-state index contributed by atoms with van der Waals surface area (Å²) in [5.41, 5.74) is 0. The first-order valence-corrected chi connectivity index (χ1v) is 11.3. The number of amides is 1. The molecule has 0 unspecified atom stereocenters. The molecular formula is C17H23Cl2N3O5S. The van der Waals surface area contributed by atoms with Gasteiger partial charge in [-0.1, -0.05) is 23.2 Å². The third-order valence-electron chi connectivity index (χ3n) is 5.17. The van der Waals surface area contributed by atoms with E-state index in [0.29, 0.717) is 47.8 Å². The van der Waals surface area contributed by atoms with Gasteiger partial charge in [0.15, 0.2) is 0 Å². The first kappa shape index (κ1) is 21.4. The summed E-state index contributed by atoms with van der Waals surface area (Å²) >= 11 is 11.9. The Kier molecular flexibility index (Phi) is 6.93. The molecule has 1 amide bonds. The topological polar surface area (TPSA) is 99.2 Å². The van der Waals surface area contributed by atoms with Crippen LogP contribution in [0.5, 0.6) is 5.75 Å². The molecule has 1 aromatic carbocycles.